The van der Waals surface area contributed by atoms with E-state index < -0.39 is 18.4 Å². The van der Waals surface area contributed by atoms with Gasteiger partial charge in [0.2, 0.25) is 0 Å². The number of thiazole rings is 1. The van der Waals surface area contributed by atoms with Gasteiger partial charge in [-0.05, 0) is 32.0 Å². The van der Waals surface area contributed by atoms with E-state index in [-0.39, 0.29) is 0 Å². The van der Waals surface area contributed by atoms with Crippen molar-refractivity contribution < 1.29 is 14.7 Å². The number of hydrogen-bond donors (Lipinski definition) is 3. The second-order valence-electron chi connectivity index (χ2n) is 6.07. The van der Waals surface area contributed by atoms with Crippen LogP contribution >= 0.6 is 11.3 Å². The van der Waals surface area contributed by atoms with Crippen LogP contribution in [0.3, 0.4) is 0 Å². The van der Waals surface area contributed by atoms with Gasteiger partial charge in [-0.3, -0.25) is 9.59 Å². The molecule has 1 aromatic heterocycles. The molecule has 0 fully saturated rings. The summed E-state index contributed by atoms with van der Waals surface area (Å²) in [6.45, 7) is 3.65. The Hall–Kier alpha value is -3.19. The van der Waals surface area contributed by atoms with E-state index in [4.69, 9.17) is 5.11 Å². The molecule has 0 saturated heterocycles. The highest BCUT2D eigenvalue weighted by molar-refractivity contribution is 7.16. The number of rotatable bonds is 6. The number of hydrogen-bond acceptors (Lipinski definition) is 5. The van der Waals surface area contributed by atoms with Crippen molar-refractivity contribution in [3.05, 3.63) is 64.5 Å². The summed E-state index contributed by atoms with van der Waals surface area (Å²) in [5.41, 5.74) is 4.28. The summed E-state index contributed by atoms with van der Waals surface area (Å²) in [6.07, 6.45) is 0. The number of anilines is 2. The number of carbonyl (C=O) groups excluding carboxylic acids is 1. The van der Waals surface area contributed by atoms with E-state index >= 15 is 0 Å². The average molecular weight is 381 g/mol. The van der Waals surface area contributed by atoms with Crippen molar-refractivity contribution in [2.45, 2.75) is 13.8 Å². The summed E-state index contributed by atoms with van der Waals surface area (Å²) < 4.78 is 0. The summed E-state index contributed by atoms with van der Waals surface area (Å²) in [6, 6.07) is 15.1. The van der Waals surface area contributed by atoms with Crippen molar-refractivity contribution >= 4 is 34.0 Å². The van der Waals surface area contributed by atoms with Crippen molar-refractivity contribution in [3.63, 3.8) is 0 Å². The van der Waals surface area contributed by atoms with Gasteiger partial charge in [-0.15, -0.1) is 11.3 Å². The maximum absolute atomic E-state index is 12.0. The lowest BCUT2D eigenvalue weighted by molar-refractivity contribution is -0.135. The van der Waals surface area contributed by atoms with Gasteiger partial charge < -0.3 is 15.7 Å². The third-order valence-electron chi connectivity index (χ3n) is 3.90. The molecule has 0 spiro atoms. The van der Waals surface area contributed by atoms with Gasteiger partial charge in [0.05, 0.1) is 5.69 Å². The molecule has 7 heteroatoms. The van der Waals surface area contributed by atoms with Gasteiger partial charge in [0.15, 0.2) is 5.13 Å². The minimum absolute atomic E-state index is 0.383. The van der Waals surface area contributed by atoms with Crippen molar-refractivity contribution in [3.8, 4) is 11.3 Å². The van der Waals surface area contributed by atoms with Crippen LogP contribution in [0.25, 0.3) is 11.3 Å². The van der Waals surface area contributed by atoms with Crippen LogP contribution in [0, 0.1) is 13.8 Å². The van der Waals surface area contributed by atoms with Crippen molar-refractivity contribution in [2.24, 2.45) is 0 Å². The van der Waals surface area contributed by atoms with E-state index in [1.807, 2.05) is 19.9 Å². The second-order valence-corrected chi connectivity index (χ2v) is 7.28. The highest BCUT2D eigenvalue weighted by Gasteiger charge is 2.11. The Labute approximate surface area is 160 Å². The monoisotopic (exact) mass is 381 g/mol. The van der Waals surface area contributed by atoms with Crippen molar-refractivity contribution in [1.82, 2.24) is 10.3 Å². The molecule has 1 amide bonds. The van der Waals surface area contributed by atoms with E-state index in [1.54, 1.807) is 18.2 Å². The van der Waals surface area contributed by atoms with Crippen LogP contribution in [0.2, 0.25) is 0 Å². The Kier molecular flexibility index (Phi) is 5.52. The molecule has 0 saturated carbocycles. The first-order valence-electron chi connectivity index (χ1n) is 8.34. The zero-order chi connectivity index (χ0) is 19.4. The van der Waals surface area contributed by atoms with Gasteiger partial charge in [0, 0.05) is 21.7 Å². The number of amides is 1. The molecular formula is C20H19N3O3S. The van der Waals surface area contributed by atoms with E-state index in [9.17, 15) is 9.59 Å². The molecule has 1 heterocycles. The first kappa shape index (κ1) is 18.6. The number of aromatic nitrogens is 1. The van der Waals surface area contributed by atoms with Crippen LogP contribution in [0.5, 0.6) is 0 Å². The Morgan fingerprint density at radius 2 is 1.85 bits per heavy atom. The minimum Gasteiger partial charge on any atom is -0.480 e. The highest BCUT2D eigenvalue weighted by Crippen LogP contribution is 2.32. The number of carboxylic acids is 1. The molecule has 0 atom stereocenters. The Bertz CT molecular complexity index is 980. The molecule has 0 aliphatic carbocycles. The highest BCUT2D eigenvalue weighted by atomic mass is 32.1. The summed E-state index contributed by atoms with van der Waals surface area (Å²) >= 11 is 1.54. The lowest BCUT2D eigenvalue weighted by atomic mass is 10.1. The normalized spacial score (nSPS) is 10.4. The molecule has 0 bridgehead atoms. The number of aryl methyl sites for hydroxylation is 2. The van der Waals surface area contributed by atoms with Gasteiger partial charge in [-0.2, -0.15) is 0 Å². The molecule has 0 unspecified atom stereocenters. The zero-order valence-electron chi connectivity index (χ0n) is 14.9. The van der Waals surface area contributed by atoms with Crippen LogP contribution in [0.4, 0.5) is 10.8 Å². The van der Waals surface area contributed by atoms with Gasteiger partial charge >= 0.3 is 5.97 Å². The van der Waals surface area contributed by atoms with Crippen molar-refractivity contribution in [1.29, 1.82) is 0 Å². The van der Waals surface area contributed by atoms with E-state index in [0.717, 1.165) is 21.3 Å². The molecular weight excluding hydrogens is 362 g/mol. The van der Waals surface area contributed by atoms with Crippen LogP contribution in [0.15, 0.2) is 48.5 Å². The molecule has 0 aliphatic heterocycles. The lowest BCUT2D eigenvalue weighted by Gasteiger charge is -2.06. The van der Waals surface area contributed by atoms with Crippen molar-refractivity contribution in [2.75, 3.05) is 11.9 Å². The lowest BCUT2D eigenvalue weighted by Crippen LogP contribution is -2.29. The van der Waals surface area contributed by atoms with Gasteiger partial charge in [0.1, 0.15) is 6.54 Å². The molecule has 3 N–H and O–H groups in total. The van der Waals surface area contributed by atoms with Crippen LogP contribution in [-0.4, -0.2) is 28.5 Å². The number of nitrogens with zero attached hydrogens (tertiary/aromatic N) is 1. The van der Waals surface area contributed by atoms with Gasteiger partial charge in [-0.25, -0.2) is 4.98 Å². The average Bonchev–Trinajstić information content (AvgIpc) is 3.00. The number of aliphatic carboxylic acids is 1. The number of nitrogens with one attached hydrogen (secondary N) is 2. The second kappa shape index (κ2) is 8.01. The molecule has 27 heavy (non-hydrogen) atoms. The summed E-state index contributed by atoms with van der Waals surface area (Å²) in [7, 11) is 0. The molecule has 3 aromatic rings. The maximum Gasteiger partial charge on any atom is 0.322 e. The topological polar surface area (TPSA) is 91.3 Å². The number of benzene rings is 2. The zero-order valence-corrected chi connectivity index (χ0v) is 15.8. The first-order chi connectivity index (χ1) is 12.9. The summed E-state index contributed by atoms with van der Waals surface area (Å²) in [4.78, 5) is 28.4. The van der Waals surface area contributed by atoms with Crippen LogP contribution in [-0.2, 0) is 4.79 Å². The fourth-order valence-corrected chi connectivity index (χ4v) is 3.40. The predicted molar refractivity (Wildman–Crippen MR) is 107 cm³/mol. The van der Waals surface area contributed by atoms with Crippen LogP contribution in [0.1, 0.15) is 20.8 Å². The summed E-state index contributed by atoms with van der Waals surface area (Å²) in [5.74, 6) is -1.52. The molecule has 3 rings (SSSR count). The minimum atomic E-state index is -1.08. The third kappa shape index (κ3) is 4.71. The standard InChI is InChI=1S/C20H19N3O3S/c1-12-6-8-14(9-7-12)18-13(2)27-20(23-18)22-16-5-3-4-15(10-16)19(26)21-11-17(24)25/h3-10H,11H2,1-2H3,(H,21,26)(H,22,23)(H,24,25). The molecule has 0 aliphatic rings. The predicted octanol–water partition coefficient (Wildman–Crippen LogP) is 3.98. The van der Waals surface area contributed by atoms with E-state index in [0.29, 0.717) is 11.3 Å². The Balaban J connectivity index is 1.77. The molecule has 0 radical (unpaired) electrons. The number of carboxylic acid groups (broad SMARTS) is 1. The largest absolute Gasteiger partial charge is 0.480 e. The van der Waals surface area contributed by atoms with Gasteiger partial charge in [0.25, 0.3) is 5.91 Å². The Morgan fingerprint density at radius 1 is 1.11 bits per heavy atom. The Morgan fingerprint density at radius 3 is 2.56 bits per heavy atom. The molecule has 6 nitrogen and oxygen atoms in total. The maximum atomic E-state index is 12.0. The fraction of sp³-hybridized carbons (Fsp3) is 0.150. The number of carbonyl (C=O) groups is 2. The SMILES string of the molecule is Cc1ccc(-c2nc(Nc3cccc(C(=O)NCC(=O)O)c3)sc2C)cc1. The quantitative estimate of drug-likeness (QED) is 0.601. The molecule has 138 valence electrons. The van der Waals surface area contributed by atoms with Gasteiger partial charge in [-0.1, -0.05) is 35.9 Å². The third-order valence-corrected chi connectivity index (χ3v) is 4.78. The van der Waals surface area contributed by atoms with E-state index in [1.165, 1.54) is 16.9 Å². The van der Waals surface area contributed by atoms with Crippen LogP contribution < -0.4 is 10.6 Å². The smallest absolute Gasteiger partial charge is 0.322 e. The summed E-state index contributed by atoms with van der Waals surface area (Å²) in [5, 5.41) is 15.0. The fourth-order valence-electron chi connectivity index (χ4n) is 2.55. The van der Waals surface area contributed by atoms with E-state index in [2.05, 4.69) is 39.9 Å². The first-order valence-corrected chi connectivity index (χ1v) is 9.15. The molecule has 2 aromatic carbocycles.